The molecule has 1 N–H and O–H groups in total. The Bertz CT molecular complexity index is 362. The summed E-state index contributed by atoms with van der Waals surface area (Å²) in [6.07, 6.45) is 16.0. The summed E-state index contributed by atoms with van der Waals surface area (Å²) in [6.45, 7) is 12.9. The summed E-state index contributed by atoms with van der Waals surface area (Å²) < 4.78 is 0. The molecule has 4 atom stereocenters. The molecule has 25 heavy (non-hydrogen) atoms. The van der Waals surface area contributed by atoms with Gasteiger partial charge < -0.3 is 5.32 Å². The quantitative estimate of drug-likeness (QED) is 0.675. The van der Waals surface area contributed by atoms with Crippen LogP contribution in [0.4, 0.5) is 0 Å². The van der Waals surface area contributed by atoms with E-state index in [1.165, 1.54) is 96.8 Å². The Morgan fingerprint density at radius 1 is 0.760 bits per heavy atom. The van der Waals surface area contributed by atoms with Crippen LogP contribution >= 0.6 is 0 Å². The standard InChI is InChI=1S/C23H44N2/c1-19-17-25(18-20(2)22-16-24-15-12-21(19)22)23(3)13-10-8-6-4-5-7-9-11-14-23/h19-22,24H,4-18H2,1-3H3. The second kappa shape index (κ2) is 9.22. The fraction of sp³-hybridized carbons (Fsp3) is 1.00. The van der Waals surface area contributed by atoms with Crippen LogP contribution in [0.3, 0.4) is 0 Å². The molecule has 3 rings (SSSR count). The van der Waals surface area contributed by atoms with E-state index < -0.39 is 0 Å². The number of nitrogens with zero attached hydrogens (tertiary/aromatic N) is 1. The van der Waals surface area contributed by atoms with E-state index in [-0.39, 0.29) is 0 Å². The van der Waals surface area contributed by atoms with Gasteiger partial charge in [-0.2, -0.15) is 0 Å². The molecule has 2 saturated heterocycles. The molecule has 2 heteroatoms. The highest BCUT2D eigenvalue weighted by Crippen LogP contribution is 2.40. The molecule has 0 aromatic rings. The van der Waals surface area contributed by atoms with E-state index in [1.807, 2.05) is 0 Å². The van der Waals surface area contributed by atoms with Gasteiger partial charge in [0.25, 0.3) is 0 Å². The lowest BCUT2D eigenvalue weighted by molar-refractivity contribution is 0.0609. The molecule has 1 saturated carbocycles. The van der Waals surface area contributed by atoms with Gasteiger partial charge in [-0.05, 0) is 62.9 Å². The van der Waals surface area contributed by atoms with E-state index >= 15 is 0 Å². The van der Waals surface area contributed by atoms with E-state index in [9.17, 15) is 0 Å². The van der Waals surface area contributed by atoms with Crippen molar-refractivity contribution in [1.29, 1.82) is 0 Å². The normalized spacial score (nSPS) is 39.0. The number of hydrogen-bond donors (Lipinski definition) is 1. The predicted molar refractivity (Wildman–Crippen MR) is 109 cm³/mol. The third kappa shape index (κ3) is 5.01. The number of nitrogens with one attached hydrogen (secondary N) is 1. The summed E-state index contributed by atoms with van der Waals surface area (Å²) in [5.41, 5.74) is 0.452. The lowest BCUT2D eigenvalue weighted by Gasteiger charge is -2.43. The number of rotatable bonds is 1. The van der Waals surface area contributed by atoms with Crippen LogP contribution in [0, 0.1) is 23.7 Å². The summed E-state index contributed by atoms with van der Waals surface area (Å²) in [7, 11) is 0. The summed E-state index contributed by atoms with van der Waals surface area (Å²) in [5.74, 6) is 3.57. The zero-order valence-corrected chi connectivity index (χ0v) is 17.4. The van der Waals surface area contributed by atoms with Crippen LogP contribution in [0.25, 0.3) is 0 Å². The summed E-state index contributed by atoms with van der Waals surface area (Å²) in [5, 5.41) is 3.69. The van der Waals surface area contributed by atoms with E-state index in [0.29, 0.717) is 5.54 Å². The monoisotopic (exact) mass is 348 g/mol. The third-order valence-corrected chi connectivity index (χ3v) is 8.01. The van der Waals surface area contributed by atoms with Gasteiger partial charge in [0.1, 0.15) is 0 Å². The fourth-order valence-corrected chi connectivity index (χ4v) is 6.23. The summed E-state index contributed by atoms with van der Waals surface area (Å²) in [6, 6.07) is 0. The van der Waals surface area contributed by atoms with E-state index in [4.69, 9.17) is 0 Å². The Labute approximate surface area is 157 Å². The smallest absolute Gasteiger partial charge is 0.0181 e. The van der Waals surface area contributed by atoms with E-state index in [1.54, 1.807) is 0 Å². The lowest BCUT2D eigenvalue weighted by Crippen LogP contribution is -2.49. The van der Waals surface area contributed by atoms with Crippen LogP contribution < -0.4 is 5.32 Å². The first-order chi connectivity index (χ1) is 12.1. The molecule has 3 fully saturated rings. The Morgan fingerprint density at radius 2 is 1.28 bits per heavy atom. The van der Waals surface area contributed by atoms with Crippen LogP contribution in [0.5, 0.6) is 0 Å². The van der Waals surface area contributed by atoms with Crippen LogP contribution in [-0.4, -0.2) is 36.6 Å². The molecule has 1 aliphatic carbocycles. The van der Waals surface area contributed by atoms with Gasteiger partial charge in [-0.25, -0.2) is 0 Å². The highest BCUT2D eigenvalue weighted by molar-refractivity contribution is 4.95. The Balaban J connectivity index is 1.71. The average molecular weight is 349 g/mol. The molecule has 0 spiro atoms. The van der Waals surface area contributed by atoms with Gasteiger partial charge in [-0.1, -0.05) is 65.2 Å². The second-order valence-electron chi connectivity index (χ2n) is 10.0. The molecule has 0 aromatic heterocycles. The fourth-order valence-electron chi connectivity index (χ4n) is 6.23. The molecule has 0 bridgehead atoms. The van der Waals surface area contributed by atoms with Gasteiger partial charge in [-0.15, -0.1) is 0 Å². The van der Waals surface area contributed by atoms with Crippen molar-refractivity contribution in [2.45, 2.75) is 96.9 Å². The van der Waals surface area contributed by atoms with Gasteiger partial charge in [0.2, 0.25) is 0 Å². The average Bonchev–Trinajstić information content (AvgIpc) is 2.77. The van der Waals surface area contributed by atoms with Crippen molar-refractivity contribution >= 4 is 0 Å². The van der Waals surface area contributed by atoms with Crippen molar-refractivity contribution in [1.82, 2.24) is 10.2 Å². The van der Waals surface area contributed by atoms with E-state index in [2.05, 4.69) is 31.0 Å². The lowest BCUT2D eigenvalue weighted by atomic mass is 9.74. The van der Waals surface area contributed by atoms with Gasteiger partial charge in [0.05, 0.1) is 0 Å². The highest BCUT2D eigenvalue weighted by atomic mass is 15.2. The molecule has 2 aliphatic heterocycles. The number of likely N-dealkylation sites (tertiary alicyclic amines) is 1. The van der Waals surface area contributed by atoms with Gasteiger partial charge >= 0.3 is 0 Å². The number of piperidine rings is 1. The zero-order chi connectivity index (χ0) is 17.7. The molecule has 0 amide bonds. The van der Waals surface area contributed by atoms with Gasteiger partial charge in [0, 0.05) is 18.6 Å². The molecule has 2 heterocycles. The molecule has 0 aromatic carbocycles. The van der Waals surface area contributed by atoms with Gasteiger partial charge in [0.15, 0.2) is 0 Å². The summed E-state index contributed by atoms with van der Waals surface area (Å²) in [4.78, 5) is 2.97. The van der Waals surface area contributed by atoms with Gasteiger partial charge in [-0.3, -0.25) is 4.90 Å². The molecule has 146 valence electrons. The first-order valence-electron chi connectivity index (χ1n) is 11.6. The van der Waals surface area contributed by atoms with Crippen molar-refractivity contribution < 1.29 is 0 Å². The molecule has 3 aliphatic rings. The van der Waals surface area contributed by atoms with Crippen molar-refractivity contribution in [2.24, 2.45) is 23.7 Å². The van der Waals surface area contributed by atoms with Crippen LogP contribution in [-0.2, 0) is 0 Å². The van der Waals surface area contributed by atoms with Crippen molar-refractivity contribution in [3.8, 4) is 0 Å². The number of fused-ring (bicyclic) bond motifs is 1. The minimum absolute atomic E-state index is 0.452. The van der Waals surface area contributed by atoms with Crippen LogP contribution in [0.1, 0.15) is 91.4 Å². The van der Waals surface area contributed by atoms with Crippen molar-refractivity contribution in [3.63, 3.8) is 0 Å². The Hall–Kier alpha value is -0.0800. The van der Waals surface area contributed by atoms with Crippen molar-refractivity contribution in [3.05, 3.63) is 0 Å². The highest BCUT2D eigenvalue weighted by Gasteiger charge is 2.41. The first-order valence-corrected chi connectivity index (χ1v) is 11.6. The van der Waals surface area contributed by atoms with E-state index in [0.717, 1.165) is 23.7 Å². The minimum atomic E-state index is 0.452. The molecule has 2 nitrogen and oxygen atoms in total. The summed E-state index contributed by atoms with van der Waals surface area (Å²) >= 11 is 0. The predicted octanol–water partition coefficient (Wildman–Crippen LogP) is 5.47. The Morgan fingerprint density at radius 3 is 1.88 bits per heavy atom. The first kappa shape index (κ1) is 19.7. The molecule has 4 unspecified atom stereocenters. The maximum Gasteiger partial charge on any atom is 0.0181 e. The zero-order valence-electron chi connectivity index (χ0n) is 17.4. The van der Waals surface area contributed by atoms with Crippen molar-refractivity contribution in [2.75, 3.05) is 26.2 Å². The van der Waals surface area contributed by atoms with Crippen LogP contribution in [0.2, 0.25) is 0 Å². The molecular weight excluding hydrogens is 304 g/mol. The SMILES string of the molecule is CC1CN(C2(C)CCCCCCCCCC2)CC(C)C2CNCCC12. The number of hydrogen-bond acceptors (Lipinski definition) is 2. The second-order valence-corrected chi connectivity index (χ2v) is 10.0. The third-order valence-electron chi connectivity index (χ3n) is 8.01. The minimum Gasteiger partial charge on any atom is -0.316 e. The topological polar surface area (TPSA) is 15.3 Å². The molecule has 0 radical (unpaired) electrons. The van der Waals surface area contributed by atoms with Crippen LogP contribution in [0.15, 0.2) is 0 Å². The largest absolute Gasteiger partial charge is 0.316 e. The maximum absolute atomic E-state index is 3.69. The maximum atomic E-state index is 3.69. The molecular formula is C23H44N2. The Kier molecular flexibility index (Phi) is 7.26.